The van der Waals surface area contributed by atoms with Crippen molar-refractivity contribution in [2.24, 2.45) is 0 Å². The van der Waals surface area contributed by atoms with Gasteiger partial charge in [0.15, 0.2) is 11.5 Å². The Morgan fingerprint density at radius 2 is 1.92 bits per heavy atom. The Hall–Kier alpha value is -2.50. The number of carbonyl (C=O) groups excluding carboxylic acids is 1. The molecule has 24 heavy (non-hydrogen) atoms. The van der Waals surface area contributed by atoms with Crippen molar-refractivity contribution < 1.29 is 14.1 Å². The molecule has 1 N–H and O–H groups in total. The molecule has 0 unspecified atom stereocenters. The average Bonchev–Trinajstić information content (AvgIpc) is 3.08. The molecular formula is C17H12Cl2N2O3. The second kappa shape index (κ2) is 6.95. The maximum absolute atomic E-state index is 12.3. The quantitative estimate of drug-likeness (QED) is 0.715. The molecule has 3 rings (SSSR count). The molecule has 1 amide bonds. The second-order valence-corrected chi connectivity index (χ2v) is 5.67. The van der Waals surface area contributed by atoms with E-state index in [0.717, 1.165) is 0 Å². The van der Waals surface area contributed by atoms with E-state index < -0.39 is 5.91 Å². The standard InChI is InChI=1S/C17H12Cl2N2O3/c1-23-15-5-3-2-4-11(15)16-9-14(21-24-16)17(22)20-10-6-7-12(18)13(19)8-10/h2-9H,1H3,(H,20,22). The molecule has 122 valence electrons. The number of ether oxygens (including phenoxy) is 1. The number of nitrogens with zero attached hydrogens (tertiary/aromatic N) is 1. The summed E-state index contributed by atoms with van der Waals surface area (Å²) in [6, 6.07) is 13.7. The van der Waals surface area contributed by atoms with E-state index in [-0.39, 0.29) is 5.69 Å². The topological polar surface area (TPSA) is 64.4 Å². The van der Waals surface area contributed by atoms with E-state index >= 15 is 0 Å². The van der Waals surface area contributed by atoms with Gasteiger partial charge in [-0.15, -0.1) is 0 Å². The molecule has 1 heterocycles. The molecule has 0 aliphatic carbocycles. The maximum Gasteiger partial charge on any atom is 0.277 e. The summed E-state index contributed by atoms with van der Waals surface area (Å²) in [7, 11) is 1.56. The summed E-state index contributed by atoms with van der Waals surface area (Å²) >= 11 is 11.8. The van der Waals surface area contributed by atoms with Crippen LogP contribution in [-0.2, 0) is 0 Å². The molecule has 2 aromatic carbocycles. The molecule has 5 nitrogen and oxygen atoms in total. The highest BCUT2D eigenvalue weighted by atomic mass is 35.5. The van der Waals surface area contributed by atoms with Crippen molar-refractivity contribution in [1.82, 2.24) is 5.16 Å². The van der Waals surface area contributed by atoms with Crippen molar-refractivity contribution in [3.05, 3.63) is 64.3 Å². The van der Waals surface area contributed by atoms with Crippen LogP contribution in [0.25, 0.3) is 11.3 Å². The summed E-state index contributed by atoms with van der Waals surface area (Å²) in [5, 5.41) is 7.25. The number of anilines is 1. The SMILES string of the molecule is COc1ccccc1-c1cc(C(=O)Nc2ccc(Cl)c(Cl)c2)no1. The van der Waals surface area contributed by atoms with Crippen molar-refractivity contribution in [2.75, 3.05) is 12.4 Å². The zero-order chi connectivity index (χ0) is 17.1. The van der Waals surface area contributed by atoms with Crippen LogP contribution in [0, 0.1) is 0 Å². The van der Waals surface area contributed by atoms with Gasteiger partial charge in [-0.3, -0.25) is 4.79 Å². The van der Waals surface area contributed by atoms with E-state index in [2.05, 4.69) is 10.5 Å². The van der Waals surface area contributed by atoms with Crippen LogP contribution < -0.4 is 10.1 Å². The maximum atomic E-state index is 12.3. The first-order valence-corrected chi connectivity index (χ1v) is 7.70. The lowest BCUT2D eigenvalue weighted by atomic mass is 10.1. The summed E-state index contributed by atoms with van der Waals surface area (Å²) < 4.78 is 10.5. The molecule has 0 aliphatic heterocycles. The van der Waals surface area contributed by atoms with Gasteiger partial charge in [0.1, 0.15) is 5.75 Å². The third-order valence-corrected chi connectivity index (χ3v) is 4.03. The average molecular weight is 363 g/mol. The largest absolute Gasteiger partial charge is 0.496 e. The van der Waals surface area contributed by atoms with Gasteiger partial charge in [0.05, 0.1) is 22.7 Å². The molecule has 1 aromatic heterocycles. The first-order valence-electron chi connectivity index (χ1n) is 6.95. The normalized spacial score (nSPS) is 10.5. The molecule has 0 bridgehead atoms. The fourth-order valence-corrected chi connectivity index (χ4v) is 2.42. The number of para-hydroxylation sites is 1. The number of amides is 1. The van der Waals surface area contributed by atoms with Crippen LogP contribution in [0.2, 0.25) is 10.0 Å². The van der Waals surface area contributed by atoms with Gasteiger partial charge >= 0.3 is 0 Å². The summed E-state index contributed by atoms with van der Waals surface area (Å²) in [6.07, 6.45) is 0. The van der Waals surface area contributed by atoms with Gasteiger partial charge in [0, 0.05) is 11.8 Å². The minimum absolute atomic E-state index is 0.141. The zero-order valence-corrected chi connectivity index (χ0v) is 14.1. The third-order valence-electron chi connectivity index (χ3n) is 3.29. The summed E-state index contributed by atoms with van der Waals surface area (Å²) in [4.78, 5) is 12.3. The lowest BCUT2D eigenvalue weighted by Crippen LogP contribution is -2.12. The van der Waals surface area contributed by atoms with Gasteiger partial charge in [-0.2, -0.15) is 0 Å². The summed E-state index contributed by atoms with van der Waals surface area (Å²) in [5.74, 6) is 0.648. The molecule has 0 fully saturated rings. The zero-order valence-electron chi connectivity index (χ0n) is 12.5. The molecule has 0 atom stereocenters. The minimum Gasteiger partial charge on any atom is -0.496 e. The second-order valence-electron chi connectivity index (χ2n) is 4.86. The van der Waals surface area contributed by atoms with Gasteiger partial charge in [-0.05, 0) is 30.3 Å². The minimum atomic E-state index is -0.418. The monoisotopic (exact) mass is 362 g/mol. The fourth-order valence-electron chi connectivity index (χ4n) is 2.13. The van der Waals surface area contributed by atoms with E-state index in [1.54, 1.807) is 37.4 Å². The van der Waals surface area contributed by atoms with Crippen LogP contribution in [0.15, 0.2) is 53.1 Å². The molecule has 0 radical (unpaired) electrons. The summed E-state index contributed by atoms with van der Waals surface area (Å²) in [5.41, 5.74) is 1.36. The first-order chi connectivity index (χ1) is 11.6. The van der Waals surface area contributed by atoms with Crippen molar-refractivity contribution in [2.45, 2.75) is 0 Å². The number of aromatic nitrogens is 1. The van der Waals surface area contributed by atoms with Gasteiger partial charge < -0.3 is 14.6 Å². The Labute approximate surface area is 148 Å². The number of rotatable bonds is 4. The number of halogens is 2. The van der Waals surface area contributed by atoms with Crippen LogP contribution in [0.3, 0.4) is 0 Å². The molecule has 0 aliphatic rings. The van der Waals surface area contributed by atoms with Gasteiger partial charge in [-0.1, -0.05) is 40.5 Å². The van der Waals surface area contributed by atoms with Crippen LogP contribution in [0.5, 0.6) is 5.75 Å². The number of carbonyl (C=O) groups is 1. The van der Waals surface area contributed by atoms with Crippen molar-refractivity contribution >= 4 is 34.8 Å². The molecule has 0 spiro atoms. The lowest BCUT2D eigenvalue weighted by Gasteiger charge is -2.04. The number of benzene rings is 2. The highest BCUT2D eigenvalue weighted by Gasteiger charge is 2.16. The number of hydrogen-bond acceptors (Lipinski definition) is 4. The van der Waals surface area contributed by atoms with Crippen molar-refractivity contribution in [1.29, 1.82) is 0 Å². The van der Waals surface area contributed by atoms with Crippen LogP contribution in [0.1, 0.15) is 10.5 Å². The Morgan fingerprint density at radius 1 is 1.12 bits per heavy atom. The molecule has 7 heteroatoms. The number of hydrogen-bond donors (Lipinski definition) is 1. The van der Waals surface area contributed by atoms with E-state index in [1.807, 2.05) is 18.2 Å². The van der Waals surface area contributed by atoms with Crippen LogP contribution >= 0.6 is 23.2 Å². The Kier molecular flexibility index (Phi) is 4.74. The molecule has 0 saturated carbocycles. The lowest BCUT2D eigenvalue weighted by molar-refractivity contribution is 0.101. The Bertz CT molecular complexity index is 893. The third kappa shape index (κ3) is 3.37. The van der Waals surface area contributed by atoms with E-state index in [4.69, 9.17) is 32.5 Å². The highest BCUT2D eigenvalue weighted by molar-refractivity contribution is 6.42. The van der Waals surface area contributed by atoms with Gasteiger partial charge in [0.2, 0.25) is 0 Å². The van der Waals surface area contributed by atoms with E-state index in [1.165, 1.54) is 0 Å². The summed E-state index contributed by atoms with van der Waals surface area (Å²) in [6.45, 7) is 0. The first kappa shape index (κ1) is 16.4. The Balaban J connectivity index is 1.82. The molecule has 0 saturated heterocycles. The number of nitrogens with one attached hydrogen (secondary N) is 1. The predicted molar refractivity (Wildman–Crippen MR) is 92.9 cm³/mol. The van der Waals surface area contributed by atoms with Crippen LogP contribution in [-0.4, -0.2) is 18.2 Å². The highest BCUT2D eigenvalue weighted by Crippen LogP contribution is 2.30. The van der Waals surface area contributed by atoms with Crippen molar-refractivity contribution in [3.8, 4) is 17.1 Å². The van der Waals surface area contributed by atoms with Crippen LogP contribution in [0.4, 0.5) is 5.69 Å². The predicted octanol–water partition coefficient (Wildman–Crippen LogP) is 4.91. The van der Waals surface area contributed by atoms with E-state index in [0.29, 0.717) is 32.8 Å². The van der Waals surface area contributed by atoms with Crippen molar-refractivity contribution in [3.63, 3.8) is 0 Å². The van der Waals surface area contributed by atoms with Gasteiger partial charge in [-0.25, -0.2) is 0 Å². The molecule has 3 aromatic rings. The fraction of sp³-hybridized carbons (Fsp3) is 0.0588. The molecular weight excluding hydrogens is 351 g/mol. The number of methoxy groups -OCH3 is 1. The van der Waals surface area contributed by atoms with E-state index in [9.17, 15) is 4.79 Å². The smallest absolute Gasteiger partial charge is 0.277 e. The Morgan fingerprint density at radius 3 is 2.67 bits per heavy atom. The van der Waals surface area contributed by atoms with Gasteiger partial charge in [0.25, 0.3) is 5.91 Å².